The van der Waals surface area contributed by atoms with E-state index in [9.17, 15) is 9.59 Å². The summed E-state index contributed by atoms with van der Waals surface area (Å²) in [6.07, 6.45) is 1.27. The number of benzene rings is 1. The predicted molar refractivity (Wildman–Crippen MR) is 90.8 cm³/mol. The molecule has 0 aromatic heterocycles. The lowest BCUT2D eigenvalue weighted by molar-refractivity contribution is -0.151. The highest BCUT2D eigenvalue weighted by atomic mass is 16.7. The van der Waals surface area contributed by atoms with E-state index in [0.29, 0.717) is 32.5 Å². The highest BCUT2D eigenvalue weighted by molar-refractivity contribution is 5.94. The number of amides is 2. The molecule has 2 saturated heterocycles. The van der Waals surface area contributed by atoms with Gasteiger partial charge in [0.2, 0.25) is 5.91 Å². The van der Waals surface area contributed by atoms with Gasteiger partial charge in [-0.2, -0.15) is 0 Å². The molecule has 3 rings (SSSR count). The molecule has 0 saturated carbocycles. The minimum Gasteiger partial charge on any atom is -0.447 e. The molecular weight excluding hydrogens is 322 g/mol. The number of nitrogens with zero attached hydrogens (tertiary/aromatic N) is 1. The van der Waals surface area contributed by atoms with E-state index < -0.39 is 11.9 Å². The minimum atomic E-state index is -0.622. The van der Waals surface area contributed by atoms with Crippen LogP contribution in [0.5, 0.6) is 0 Å². The van der Waals surface area contributed by atoms with Crippen molar-refractivity contribution in [3.8, 4) is 0 Å². The first-order chi connectivity index (χ1) is 12.0. The summed E-state index contributed by atoms with van der Waals surface area (Å²) in [5.74, 6) is -1.11. The number of imide groups is 1. The van der Waals surface area contributed by atoms with Crippen molar-refractivity contribution in [3.05, 3.63) is 35.9 Å². The molecule has 0 bridgehead atoms. The van der Waals surface area contributed by atoms with Crippen molar-refractivity contribution in [1.82, 2.24) is 4.90 Å². The molecule has 6 nitrogen and oxygen atoms in total. The van der Waals surface area contributed by atoms with Crippen LogP contribution in [0.1, 0.15) is 32.3 Å². The van der Waals surface area contributed by atoms with Gasteiger partial charge in [0.05, 0.1) is 19.3 Å². The van der Waals surface area contributed by atoms with Crippen molar-refractivity contribution in [1.29, 1.82) is 0 Å². The molecule has 1 aromatic carbocycles. The van der Waals surface area contributed by atoms with Gasteiger partial charge in [-0.3, -0.25) is 4.79 Å². The Kier molecular flexibility index (Phi) is 5.39. The number of cyclic esters (lactones) is 1. The predicted octanol–water partition coefficient (Wildman–Crippen LogP) is 2.76. The second kappa shape index (κ2) is 7.54. The van der Waals surface area contributed by atoms with Crippen LogP contribution in [0.2, 0.25) is 0 Å². The largest absolute Gasteiger partial charge is 0.447 e. The molecule has 0 N–H and O–H groups in total. The van der Waals surface area contributed by atoms with Crippen LogP contribution in [0.3, 0.4) is 0 Å². The first kappa shape index (κ1) is 17.9. The van der Waals surface area contributed by atoms with Crippen molar-refractivity contribution in [2.45, 2.75) is 44.9 Å². The molecule has 6 heteroatoms. The monoisotopic (exact) mass is 347 g/mol. The van der Waals surface area contributed by atoms with Crippen molar-refractivity contribution >= 4 is 12.0 Å². The smallest absolute Gasteiger partial charge is 0.416 e. The fourth-order valence-electron chi connectivity index (χ4n) is 3.31. The number of hydrogen-bond donors (Lipinski definition) is 0. The van der Waals surface area contributed by atoms with Gasteiger partial charge in [-0.15, -0.1) is 0 Å². The highest BCUT2D eigenvalue weighted by Gasteiger charge is 2.40. The lowest BCUT2D eigenvalue weighted by atomic mass is 9.98. The first-order valence-electron chi connectivity index (χ1n) is 8.80. The van der Waals surface area contributed by atoms with Crippen LogP contribution in [0.4, 0.5) is 4.79 Å². The first-order valence-corrected chi connectivity index (χ1v) is 8.80. The topological polar surface area (TPSA) is 65.1 Å². The van der Waals surface area contributed by atoms with Gasteiger partial charge in [0, 0.05) is 12.3 Å². The number of carbonyl (C=O) groups is 2. The molecule has 2 fully saturated rings. The van der Waals surface area contributed by atoms with Crippen LogP contribution in [-0.4, -0.2) is 48.5 Å². The Morgan fingerprint density at radius 1 is 1.28 bits per heavy atom. The Morgan fingerprint density at radius 2 is 1.96 bits per heavy atom. The quantitative estimate of drug-likeness (QED) is 0.792. The second-order valence-electron chi connectivity index (χ2n) is 6.90. The Morgan fingerprint density at radius 3 is 2.64 bits per heavy atom. The SMILES string of the molecule is C[C@H](CCC1(C)OCCO1)C(=O)N1C(=O)OC[C@H]1Cc1ccccc1. The van der Waals surface area contributed by atoms with E-state index in [1.165, 1.54) is 4.90 Å². The normalized spacial score (nSPS) is 23.5. The third kappa shape index (κ3) is 4.19. The third-order valence-corrected chi connectivity index (χ3v) is 4.86. The van der Waals surface area contributed by atoms with Crippen LogP contribution in [0, 0.1) is 5.92 Å². The van der Waals surface area contributed by atoms with E-state index in [1.807, 2.05) is 44.2 Å². The lowest BCUT2D eigenvalue weighted by Gasteiger charge is -2.26. The molecule has 25 heavy (non-hydrogen) atoms. The summed E-state index contributed by atoms with van der Waals surface area (Å²) >= 11 is 0. The molecule has 0 aliphatic carbocycles. The van der Waals surface area contributed by atoms with Crippen molar-refractivity contribution in [2.75, 3.05) is 19.8 Å². The van der Waals surface area contributed by atoms with Gasteiger partial charge in [-0.1, -0.05) is 37.3 Å². The average Bonchev–Trinajstić information content (AvgIpc) is 3.20. The van der Waals surface area contributed by atoms with Crippen molar-refractivity contribution < 1.29 is 23.8 Å². The van der Waals surface area contributed by atoms with Gasteiger partial charge in [-0.05, 0) is 25.3 Å². The summed E-state index contributed by atoms with van der Waals surface area (Å²) in [6, 6.07) is 9.57. The van der Waals surface area contributed by atoms with E-state index in [2.05, 4.69) is 0 Å². The van der Waals surface area contributed by atoms with Crippen LogP contribution >= 0.6 is 0 Å². The van der Waals surface area contributed by atoms with Gasteiger partial charge >= 0.3 is 6.09 Å². The summed E-state index contributed by atoms with van der Waals surface area (Å²) in [5.41, 5.74) is 1.08. The molecule has 2 aliphatic heterocycles. The summed E-state index contributed by atoms with van der Waals surface area (Å²) in [5, 5.41) is 0. The van der Waals surface area contributed by atoms with Gasteiger partial charge in [0.25, 0.3) is 0 Å². The molecule has 2 heterocycles. The highest BCUT2D eigenvalue weighted by Crippen LogP contribution is 2.28. The van der Waals surface area contributed by atoms with Gasteiger partial charge in [0.15, 0.2) is 5.79 Å². The molecule has 2 aliphatic rings. The minimum absolute atomic E-state index is 0.190. The molecule has 2 atom stereocenters. The molecule has 136 valence electrons. The van der Waals surface area contributed by atoms with Crippen LogP contribution < -0.4 is 0 Å². The molecule has 0 spiro atoms. The maximum atomic E-state index is 12.8. The Bertz CT molecular complexity index is 612. The Labute approximate surface area is 148 Å². The summed E-state index contributed by atoms with van der Waals surface area (Å²) < 4.78 is 16.3. The fourth-order valence-corrected chi connectivity index (χ4v) is 3.31. The van der Waals surface area contributed by atoms with E-state index in [1.54, 1.807) is 0 Å². The molecule has 2 amide bonds. The number of hydrogen-bond acceptors (Lipinski definition) is 5. The second-order valence-corrected chi connectivity index (χ2v) is 6.90. The van der Waals surface area contributed by atoms with Crippen LogP contribution in [0.15, 0.2) is 30.3 Å². The van der Waals surface area contributed by atoms with E-state index in [4.69, 9.17) is 14.2 Å². The summed E-state index contributed by atoms with van der Waals surface area (Å²) in [4.78, 5) is 26.2. The van der Waals surface area contributed by atoms with Gasteiger partial charge < -0.3 is 14.2 Å². The average molecular weight is 347 g/mol. The molecule has 0 radical (unpaired) electrons. The fraction of sp³-hybridized carbons (Fsp3) is 0.579. The number of carbonyl (C=O) groups excluding carboxylic acids is 2. The van der Waals surface area contributed by atoms with Gasteiger partial charge in [0.1, 0.15) is 6.61 Å². The zero-order valence-electron chi connectivity index (χ0n) is 14.8. The van der Waals surface area contributed by atoms with Crippen molar-refractivity contribution in [2.24, 2.45) is 5.92 Å². The van der Waals surface area contributed by atoms with Crippen LogP contribution in [-0.2, 0) is 25.4 Å². The van der Waals surface area contributed by atoms with E-state index in [0.717, 1.165) is 5.56 Å². The van der Waals surface area contributed by atoms with Crippen molar-refractivity contribution in [3.63, 3.8) is 0 Å². The summed E-state index contributed by atoms with van der Waals surface area (Å²) in [7, 11) is 0. The Balaban J connectivity index is 1.60. The zero-order valence-corrected chi connectivity index (χ0v) is 14.8. The van der Waals surface area contributed by atoms with E-state index >= 15 is 0 Å². The molecular formula is C19H25NO5. The zero-order chi connectivity index (χ0) is 17.9. The maximum absolute atomic E-state index is 12.8. The molecule has 0 unspecified atom stereocenters. The standard InChI is InChI=1S/C19H25NO5/c1-14(8-9-19(2)24-10-11-25-19)17(21)20-16(13-23-18(20)22)12-15-6-4-3-5-7-15/h3-7,14,16H,8-13H2,1-2H3/t14-,16-/m1/s1. The third-order valence-electron chi connectivity index (χ3n) is 4.86. The number of rotatable bonds is 6. The number of ether oxygens (including phenoxy) is 3. The summed E-state index contributed by atoms with van der Waals surface area (Å²) in [6.45, 7) is 5.13. The molecule has 1 aromatic rings. The van der Waals surface area contributed by atoms with Gasteiger partial charge in [-0.25, -0.2) is 9.69 Å². The lowest BCUT2D eigenvalue weighted by Crippen LogP contribution is -2.43. The Hall–Kier alpha value is -1.92. The maximum Gasteiger partial charge on any atom is 0.416 e. The van der Waals surface area contributed by atoms with Crippen LogP contribution in [0.25, 0.3) is 0 Å². The van der Waals surface area contributed by atoms with E-state index in [-0.39, 0.29) is 24.5 Å².